The molecule has 5 heterocycles. The molecular formula is C21H26N6O2. The highest BCUT2D eigenvalue weighted by atomic mass is 16.5. The van der Waals surface area contributed by atoms with Crippen molar-refractivity contribution in [1.82, 2.24) is 24.3 Å². The largest absolute Gasteiger partial charge is 0.618 e. The molecule has 2 atom stereocenters. The van der Waals surface area contributed by atoms with Crippen LogP contribution in [0, 0.1) is 11.1 Å². The van der Waals surface area contributed by atoms with Crippen LogP contribution in [0.3, 0.4) is 0 Å². The molecule has 0 saturated carbocycles. The maximum Gasteiger partial charge on any atom is 0.214 e. The molecule has 8 nitrogen and oxygen atoms in total. The van der Waals surface area contributed by atoms with Gasteiger partial charge in [0.15, 0.2) is 0 Å². The highest BCUT2D eigenvalue weighted by Crippen LogP contribution is 2.32. The Labute approximate surface area is 169 Å². The lowest BCUT2D eigenvalue weighted by Crippen LogP contribution is -2.36. The average molecular weight is 394 g/mol. The van der Waals surface area contributed by atoms with Gasteiger partial charge in [-0.2, -0.15) is 4.73 Å². The smallest absolute Gasteiger partial charge is 0.214 e. The standard InChI is InChI=1S/C21H26N6O2/c1-15-10-25(14-20-22-5-2-6-23-20)12-18(15)19-13-26-17(11-27(19)28)9-24-21(26)16-3-7-29-8-4-16/h2,5-6,9,11,13,15-16,18H,3-4,7-8,10,12,14H2,1H3. The van der Waals surface area contributed by atoms with Gasteiger partial charge in [0.25, 0.3) is 0 Å². The van der Waals surface area contributed by atoms with Crippen LogP contribution in [0.2, 0.25) is 0 Å². The van der Waals surface area contributed by atoms with Gasteiger partial charge in [-0.05, 0) is 24.8 Å². The van der Waals surface area contributed by atoms with Crippen molar-refractivity contribution >= 4 is 5.52 Å². The first-order valence-electron chi connectivity index (χ1n) is 10.3. The van der Waals surface area contributed by atoms with Crippen LogP contribution < -0.4 is 4.73 Å². The van der Waals surface area contributed by atoms with Crippen LogP contribution >= 0.6 is 0 Å². The minimum atomic E-state index is 0.172. The van der Waals surface area contributed by atoms with E-state index >= 15 is 0 Å². The lowest BCUT2D eigenvalue weighted by Gasteiger charge is -2.21. The molecule has 0 radical (unpaired) electrons. The van der Waals surface area contributed by atoms with E-state index in [1.165, 1.54) is 0 Å². The maximum absolute atomic E-state index is 12.8. The van der Waals surface area contributed by atoms with Gasteiger partial charge in [-0.25, -0.2) is 15.0 Å². The second-order valence-electron chi connectivity index (χ2n) is 8.25. The van der Waals surface area contributed by atoms with E-state index < -0.39 is 0 Å². The molecule has 0 bridgehead atoms. The van der Waals surface area contributed by atoms with Gasteiger partial charge in [-0.15, -0.1) is 0 Å². The van der Waals surface area contributed by atoms with Gasteiger partial charge in [0, 0.05) is 44.6 Å². The molecule has 5 rings (SSSR count). The molecule has 8 heteroatoms. The summed E-state index contributed by atoms with van der Waals surface area (Å²) in [6, 6.07) is 1.83. The zero-order valence-corrected chi connectivity index (χ0v) is 16.6. The number of fused-ring (bicyclic) bond motifs is 1. The van der Waals surface area contributed by atoms with Crippen LogP contribution in [-0.2, 0) is 11.3 Å². The zero-order valence-electron chi connectivity index (χ0n) is 16.6. The number of likely N-dealkylation sites (tertiary alicyclic amines) is 1. The molecule has 0 amide bonds. The SMILES string of the molecule is CC1CN(Cc2ncccn2)CC1c1cn2c(C3CCOCC3)ncc2c[n+]1[O-]. The van der Waals surface area contributed by atoms with Crippen LogP contribution in [0.1, 0.15) is 48.9 Å². The molecule has 2 unspecified atom stereocenters. The molecule has 0 aliphatic carbocycles. The quantitative estimate of drug-likeness (QED) is 0.496. The fourth-order valence-corrected chi connectivity index (χ4v) is 4.72. The first-order chi connectivity index (χ1) is 14.2. The van der Waals surface area contributed by atoms with Gasteiger partial charge >= 0.3 is 0 Å². The van der Waals surface area contributed by atoms with E-state index in [9.17, 15) is 5.21 Å². The Morgan fingerprint density at radius 1 is 1.17 bits per heavy atom. The lowest BCUT2D eigenvalue weighted by atomic mass is 9.95. The number of imidazole rings is 1. The maximum atomic E-state index is 12.8. The molecule has 2 aliphatic heterocycles. The molecule has 0 aromatic carbocycles. The summed E-state index contributed by atoms with van der Waals surface area (Å²) in [6.45, 7) is 6.23. The van der Waals surface area contributed by atoms with Gasteiger partial charge in [0.1, 0.15) is 17.2 Å². The summed E-state index contributed by atoms with van der Waals surface area (Å²) >= 11 is 0. The van der Waals surface area contributed by atoms with Gasteiger partial charge in [-0.3, -0.25) is 9.30 Å². The van der Waals surface area contributed by atoms with E-state index in [1.54, 1.807) is 24.8 Å². The van der Waals surface area contributed by atoms with E-state index in [0.717, 1.165) is 66.7 Å². The summed E-state index contributed by atoms with van der Waals surface area (Å²) in [7, 11) is 0. The molecule has 2 aliphatic rings. The first kappa shape index (κ1) is 18.4. The highest BCUT2D eigenvalue weighted by molar-refractivity contribution is 5.43. The van der Waals surface area contributed by atoms with Crippen molar-refractivity contribution in [2.75, 3.05) is 26.3 Å². The first-order valence-corrected chi connectivity index (χ1v) is 10.3. The molecule has 2 saturated heterocycles. The summed E-state index contributed by atoms with van der Waals surface area (Å²) in [5, 5.41) is 12.8. The van der Waals surface area contributed by atoms with Gasteiger partial charge in [-0.1, -0.05) is 6.92 Å². The van der Waals surface area contributed by atoms with Crippen molar-refractivity contribution in [3.63, 3.8) is 0 Å². The number of ether oxygens (including phenoxy) is 1. The van der Waals surface area contributed by atoms with Crippen LogP contribution in [0.15, 0.2) is 37.1 Å². The third-order valence-electron chi connectivity index (χ3n) is 6.26. The van der Waals surface area contributed by atoms with Crippen molar-refractivity contribution in [3.05, 3.63) is 59.6 Å². The minimum absolute atomic E-state index is 0.172. The van der Waals surface area contributed by atoms with Crippen molar-refractivity contribution in [1.29, 1.82) is 0 Å². The van der Waals surface area contributed by atoms with Crippen molar-refractivity contribution in [2.45, 2.75) is 38.1 Å². The predicted octanol–water partition coefficient (Wildman–Crippen LogP) is 1.89. The average Bonchev–Trinajstić information content (AvgIpc) is 3.31. The normalized spacial score (nSPS) is 23.8. The summed E-state index contributed by atoms with van der Waals surface area (Å²) < 4.78 is 8.66. The highest BCUT2D eigenvalue weighted by Gasteiger charge is 2.36. The van der Waals surface area contributed by atoms with Crippen molar-refractivity contribution < 1.29 is 9.47 Å². The second-order valence-corrected chi connectivity index (χ2v) is 8.25. The summed E-state index contributed by atoms with van der Waals surface area (Å²) in [6.07, 6.45) is 11.0. The van der Waals surface area contributed by atoms with E-state index in [1.807, 2.05) is 12.3 Å². The summed E-state index contributed by atoms with van der Waals surface area (Å²) in [5.74, 6) is 2.80. The van der Waals surface area contributed by atoms with E-state index in [-0.39, 0.29) is 5.92 Å². The van der Waals surface area contributed by atoms with E-state index in [2.05, 4.69) is 31.2 Å². The Balaban J connectivity index is 1.42. The van der Waals surface area contributed by atoms with Crippen molar-refractivity contribution in [3.8, 4) is 0 Å². The number of aromatic nitrogens is 5. The summed E-state index contributed by atoms with van der Waals surface area (Å²) in [4.78, 5) is 15.7. The monoisotopic (exact) mass is 394 g/mol. The Morgan fingerprint density at radius 2 is 1.97 bits per heavy atom. The van der Waals surface area contributed by atoms with Crippen LogP contribution in [0.25, 0.3) is 5.52 Å². The minimum Gasteiger partial charge on any atom is -0.618 e. The number of rotatable bonds is 4. The molecule has 29 heavy (non-hydrogen) atoms. The number of nitrogens with zero attached hydrogens (tertiary/aromatic N) is 6. The number of hydrogen-bond acceptors (Lipinski definition) is 6. The van der Waals surface area contributed by atoms with Crippen molar-refractivity contribution in [2.24, 2.45) is 5.92 Å². The Morgan fingerprint density at radius 3 is 2.76 bits per heavy atom. The zero-order chi connectivity index (χ0) is 19.8. The molecular weight excluding hydrogens is 368 g/mol. The van der Waals surface area contributed by atoms with Gasteiger partial charge < -0.3 is 9.94 Å². The van der Waals surface area contributed by atoms with Crippen LogP contribution in [0.4, 0.5) is 0 Å². The molecule has 0 spiro atoms. The molecule has 3 aromatic rings. The Bertz CT molecular complexity index is 986. The predicted molar refractivity (Wildman–Crippen MR) is 106 cm³/mol. The van der Waals surface area contributed by atoms with Gasteiger partial charge in [0.05, 0.1) is 24.9 Å². The number of hydrogen-bond donors (Lipinski definition) is 0. The molecule has 152 valence electrons. The Hall–Kier alpha value is -2.58. The second kappa shape index (κ2) is 7.68. The summed E-state index contributed by atoms with van der Waals surface area (Å²) in [5.41, 5.74) is 1.67. The van der Waals surface area contributed by atoms with E-state index in [0.29, 0.717) is 18.4 Å². The molecule has 0 N–H and O–H groups in total. The van der Waals surface area contributed by atoms with Crippen LogP contribution in [-0.4, -0.2) is 50.6 Å². The van der Waals surface area contributed by atoms with E-state index in [4.69, 9.17) is 4.74 Å². The topological polar surface area (TPSA) is 82.5 Å². The molecule has 3 aromatic heterocycles. The fraction of sp³-hybridized carbons (Fsp3) is 0.524. The lowest BCUT2D eigenvalue weighted by molar-refractivity contribution is -0.615. The van der Waals surface area contributed by atoms with Gasteiger partial charge in [0.2, 0.25) is 11.9 Å². The molecule has 2 fully saturated rings. The third-order valence-corrected chi connectivity index (χ3v) is 6.26. The Kier molecular flexibility index (Phi) is 4.89. The van der Waals surface area contributed by atoms with Crippen LogP contribution in [0.5, 0.6) is 0 Å². The fourth-order valence-electron chi connectivity index (χ4n) is 4.72. The third kappa shape index (κ3) is 3.58.